The highest BCUT2D eigenvalue weighted by atomic mass is 35.5. The second kappa shape index (κ2) is 10.3. The van der Waals surface area contributed by atoms with Crippen molar-refractivity contribution in [2.45, 2.75) is 43.9 Å². The molecule has 1 N–H and O–H groups in total. The predicted molar refractivity (Wildman–Crippen MR) is 119 cm³/mol. The Morgan fingerprint density at radius 3 is 2.33 bits per heavy atom. The van der Waals surface area contributed by atoms with E-state index < -0.39 is 33.2 Å². The molecule has 2 aromatic carbocycles. The smallest absolute Gasteiger partial charge is 0.255 e. The van der Waals surface area contributed by atoms with Crippen LogP contribution in [0.4, 0.5) is 18.9 Å². The highest BCUT2D eigenvalue weighted by Gasteiger charge is 2.34. The second-order valence-corrected chi connectivity index (χ2v) is 10.6. The number of carbonyl (C=O) groups is 2. The maximum Gasteiger partial charge on any atom is 0.255 e. The topological polar surface area (TPSA) is 80.3 Å². The highest BCUT2D eigenvalue weighted by Crippen LogP contribution is 2.37. The Morgan fingerprint density at radius 1 is 1.06 bits per heavy atom. The van der Waals surface area contributed by atoms with Crippen LogP contribution in [-0.4, -0.2) is 25.9 Å². The van der Waals surface area contributed by atoms with Crippen molar-refractivity contribution >= 4 is 38.8 Å². The summed E-state index contributed by atoms with van der Waals surface area (Å²) in [7, 11) is -3.89. The molecular weight excluding hydrogens is 479 g/mol. The summed E-state index contributed by atoms with van der Waals surface area (Å²) >= 11 is 6.13. The average molecular weight is 502 g/mol. The number of sulfone groups is 1. The minimum atomic E-state index is -3.89. The van der Waals surface area contributed by atoms with Crippen LogP contribution < -0.4 is 5.32 Å². The number of Topliss-reactive ketones (excluding diaryl/α,β-unsaturated/α-hetero) is 1. The van der Waals surface area contributed by atoms with Crippen molar-refractivity contribution < 1.29 is 31.2 Å². The van der Waals surface area contributed by atoms with Crippen molar-refractivity contribution in [2.75, 3.05) is 11.1 Å². The monoisotopic (exact) mass is 501 g/mol. The standard InChI is InChI=1S/C23H23ClF3NO4S/c1-2-17(29)8-13-4-3-5-15(13)12-33(31,32)21-9-14(6-7-18(21)24)23(30)28-16-10-19(25)22(27)20(26)11-16/h6-7,9-11,13,15H,2-5,8,12H2,1H3,(H,28,30)/t13-,15-/m0/s1. The zero-order chi connectivity index (χ0) is 24.3. The van der Waals surface area contributed by atoms with Gasteiger partial charge in [0.05, 0.1) is 15.7 Å². The third-order valence-corrected chi connectivity index (χ3v) is 8.22. The number of nitrogens with one attached hydrogen (secondary N) is 1. The minimum absolute atomic E-state index is 0.0132. The van der Waals surface area contributed by atoms with E-state index >= 15 is 0 Å². The van der Waals surface area contributed by atoms with Crippen LogP contribution in [0.5, 0.6) is 0 Å². The molecule has 33 heavy (non-hydrogen) atoms. The number of benzene rings is 2. The zero-order valence-electron chi connectivity index (χ0n) is 17.8. The van der Waals surface area contributed by atoms with Gasteiger partial charge in [0.15, 0.2) is 27.3 Å². The fourth-order valence-corrected chi connectivity index (χ4v) is 6.45. The molecule has 3 rings (SSSR count). The first kappa shape index (κ1) is 25.2. The molecule has 0 bridgehead atoms. The summed E-state index contributed by atoms with van der Waals surface area (Å²) in [5, 5.41) is 2.15. The summed E-state index contributed by atoms with van der Waals surface area (Å²) in [6, 6.07) is 4.85. The van der Waals surface area contributed by atoms with Crippen LogP contribution in [0.25, 0.3) is 0 Å². The molecule has 0 unspecified atom stereocenters. The van der Waals surface area contributed by atoms with Crippen molar-refractivity contribution in [3.8, 4) is 0 Å². The summed E-state index contributed by atoms with van der Waals surface area (Å²) in [6.07, 6.45) is 3.05. The molecule has 0 heterocycles. The summed E-state index contributed by atoms with van der Waals surface area (Å²) in [5.41, 5.74) is -0.433. The lowest BCUT2D eigenvalue weighted by atomic mass is 9.92. The molecule has 5 nitrogen and oxygen atoms in total. The molecule has 1 aliphatic carbocycles. The van der Waals surface area contributed by atoms with Gasteiger partial charge >= 0.3 is 0 Å². The number of hydrogen-bond donors (Lipinski definition) is 1. The first-order valence-electron chi connectivity index (χ1n) is 10.5. The average Bonchev–Trinajstić information content (AvgIpc) is 3.17. The van der Waals surface area contributed by atoms with Gasteiger partial charge in [-0.15, -0.1) is 0 Å². The Morgan fingerprint density at radius 2 is 1.70 bits per heavy atom. The third-order valence-electron chi connectivity index (χ3n) is 5.90. The fraction of sp³-hybridized carbons (Fsp3) is 0.391. The van der Waals surface area contributed by atoms with Gasteiger partial charge in [0.1, 0.15) is 5.78 Å². The summed E-state index contributed by atoms with van der Waals surface area (Å²) in [5.74, 6) is -5.78. The van der Waals surface area contributed by atoms with Crippen LogP contribution in [0.15, 0.2) is 35.2 Å². The zero-order valence-corrected chi connectivity index (χ0v) is 19.4. The van der Waals surface area contributed by atoms with Crippen molar-refractivity contribution in [3.05, 3.63) is 58.4 Å². The van der Waals surface area contributed by atoms with Gasteiger partial charge in [0.2, 0.25) is 0 Å². The summed E-state index contributed by atoms with van der Waals surface area (Å²) in [4.78, 5) is 24.2. The van der Waals surface area contributed by atoms with Gasteiger partial charge in [0, 0.05) is 36.2 Å². The first-order chi connectivity index (χ1) is 15.5. The van der Waals surface area contributed by atoms with E-state index in [1.165, 1.54) is 12.1 Å². The second-order valence-electron chi connectivity index (χ2n) is 8.18. The molecular formula is C23H23ClF3NO4S. The summed E-state index contributed by atoms with van der Waals surface area (Å²) in [6.45, 7) is 1.77. The van der Waals surface area contributed by atoms with Crippen molar-refractivity contribution in [1.82, 2.24) is 0 Å². The fourth-order valence-electron chi connectivity index (χ4n) is 4.12. The molecule has 2 atom stereocenters. The van der Waals surface area contributed by atoms with Crippen LogP contribution >= 0.6 is 11.6 Å². The molecule has 178 valence electrons. The molecule has 1 aliphatic rings. The molecule has 0 spiro atoms. The van der Waals surface area contributed by atoms with Gasteiger partial charge < -0.3 is 5.32 Å². The normalized spacial score (nSPS) is 18.3. The molecule has 1 saturated carbocycles. The molecule has 10 heteroatoms. The number of rotatable bonds is 8. The molecule has 1 fully saturated rings. The van der Waals surface area contributed by atoms with E-state index in [4.69, 9.17) is 11.6 Å². The lowest BCUT2D eigenvalue weighted by Gasteiger charge is -2.19. The Labute approximate surface area is 195 Å². The van der Waals surface area contributed by atoms with Gasteiger partial charge in [-0.25, -0.2) is 21.6 Å². The number of carbonyl (C=O) groups excluding carboxylic acids is 2. The van der Waals surface area contributed by atoms with Crippen LogP contribution in [-0.2, 0) is 14.6 Å². The van der Waals surface area contributed by atoms with E-state index in [0.29, 0.717) is 31.4 Å². The molecule has 2 aromatic rings. The van der Waals surface area contributed by atoms with E-state index in [2.05, 4.69) is 5.32 Å². The Bertz CT molecular complexity index is 1160. The van der Waals surface area contributed by atoms with Gasteiger partial charge in [-0.3, -0.25) is 9.59 Å². The van der Waals surface area contributed by atoms with Gasteiger partial charge in [-0.1, -0.05) is 24.9 Å². The maximum absolute atomic E-state index is 13.4. The van der Waals surface area contributed by atoms with Crippen LogP contribution in [0, 0.1) is 29.3 Å². The number of hydrogen-bond acceptors (Lipinski definition) is 4. The maximum atomic E-state index is 13.4. The molecule has 0 aromatic heterocycles. The Kier molecular flexibility index (Phi) is 7.84. The quantitative estimate of drug-likeness (QED) is 0.480. The predicted octanol–water partition coefficient (Wildman–Crippen LogP) is 5.57. The summed E-state index contributed by atoms with van der Waals surface area (Å²) < 4.78 is 66.2. The number of ketones is 1. The molecule has 0 saturated heterocycles. The van der Waals surface area contributed by atoms with E-state index in [0.717, 1.165) is 18.9 Å². The highest BCUT2D eigenvalue weighted by molar-refractivity contribution is 7.91. The Balaban J connectivity index is 1.81. The van der Waals surface area contributed by atoms with Gasteiger partial charge in [-0.05, 0) is 42.9 Å². The van der Waals surface area contributed by atoms with Crippen LogP contribution in [0.2, 0.25) is 5.02 Å². The van der Waals surface area contributed by atoms with Crippen LogP contribution in [0.1, 0.15) is 49.4 Å². The van der Waals surface area contributed by atoms with E-state index in [-0.39, 0.29) is 44.5 Å². The minimum Gasteiger partial charge on any atom is -0.322 e. The van der Waals surface area contributed by atoms with E-state index in [9.17, 15) is 31.2 Å². The first-order valence-corrected chi connectivity index (χ1v) is 12.5. The lowest BCUT2D eigenvalue weighted by Crippen LogP contribution is -2.22. The molecule has 0 radical (unpaired) electrons. The van der Waals surface area contributed by atoms with Gasteiger partial charge in [-0.2, -0.15) is 0 Å². The number of halogens is 4. The third kappa shape index (κ3) is 5.95. The largest absolute Gasteiger partial charge is 0.322 e. The van der Waals surface area contributed by atoms with E-state index in [1.54, 1.807) is 6.92 Å². The number of anilines is 1. The van der Waals surface area contributed by atoms with Crippen molar-refractivity contribution in [3.63, 3.8) is 0 Å². The van der Waals surface area contributed by atoms with Crippen molar-refractivity contribution in [1.29, 1.82) is 0 Å². The molecule has 1 amide bonds. The molecule has 0 aliphatic heterocycles. The van der Waals surface area contributed by atoms with Crippen molar-refractivity contribution in [2.24, 2.45) is 11.8 Å². The lowest BCUT2D eigenvalue weighted by molar-refractivity contribution is -0.119. The number of amides is 1. The van der Waals surface area contributed by atoms with E-state index in [1.807, 2.05) is 0 Å². The Hall–Kier alpha value is -2.39. The van der Waals surface area contributed by atoms with Gasteiger partial charge in [0.25, 0.3) is 5.91 Å². The SMILES string of the molecule is CCC(=O)C[C@@H]1CCC[C@H]1CS(=O)(=O)c1cc(C(=O)Nc2cc(F)c(F)c(F)c2)ccc1Cl. The van der Waals surface area contributed by atoms with Crippen LogP contribution in [0.3, 0.4) is 0 Å².